The first-order chi connectivity index (χ1) is 23.9. The molecule has 4 aromatic carbocycles. The molecule has 50 heavy (non-hydrogen) atoms. The van der Waals surface area contributed by atoms with Crippen LogP contribution in [0.1, 0.15) is 81.2 Å². The number of amides is 2. The van der Waals surface area contributed by atoms with Crippen molar-refractivity contribution >= 4 is 46.5 Å². The fraction of sp³-hybridized carbons (Fsp3) is 0.286. The average molecular weight is 784 g/mol. The summed E-state index contributed by atoms with van der Waals surface area (Å²) in [4.78, 5) is 25.0. The second-order valence-corrected chi connectivity index (χ2v) is 36.4. The first-order valence-electron chi connectivity index (χ1n) is 17.7. The third kappa shape index (κ3) is 6.31. The van der Waals surface area contributed by atoms with Crippen LogP contribution in [0.3, 0.4) is 0 Å². The van der Waals surface area contributed by atoms with Crippen molar-refractivity contribution in [2.24, 2.45) is 11.8 Å². The van der Waals surface area contributed by atoms with Gasteiger partial charge in [0.2, 0.25) is 0 Å². The van der Waals surface area contributed by atoms with E-state index in [1.807, 2.05) is 0 Å². The first-order valence-corrected chi connectivity index (χ1v) is 28.2. The summed E-state index contributed by atoms with van der Waals surface area (Å²) in [6, 6.07) is 29.7. The van der Waals surface area contributed by atoms with Crippen molar-refractivity contribution in [2.45, 2.75) is 61.6 Å². The molecule has 257 valence electrons. The normalized spacial score (nSPS) is 17.4. The maximum absolute atomic E-state index is 12.5. The van der Waals surface area contributed by atoms with E-state index in [0.29, 0.717) is 24.7 Å². The number of fused-ring (bicyclic) bond motifs is 2. The van der Waals surface area contributed by atoms with Gasteiger partial charge in [-0.05, 0) is 0 Å². The van der Waals surface area contributed by atoms with Gasteiger partial charge in [-0.1, -0.05) is 0 Å². The number of halogens is 2. The Labute approximate surface area is 305 Å². The van der Waals surface area contributed by atoms with Crippen LogP contribution in [0, 0.1) is 25.7 Å². The predicted octanol–water partition coefficient (Wildman–Crippen LogP) is 10.8. The van der Waals surface area contributed by atoms with Crippen LogP contribution in [0.2, 0.25) is 0 Å². The molecule has 0 aromatic heterocycles. The summed E-state index contributed by atoms with van der Waals surface area (Å²) in [6.07, 6.45) is 7.44. The summed E-state index contributed by atoms with van der Waals surface area (Å²) < 4.78 is -1.73. The zero-order valence-corrected chi connectivity index (χ0v) is 33.7. The van der Waals surface area contributed by atoms with E-state index >= 15 is 0 Å². The van der Waals surface area contributed by atoms with Crippen molar-refractivity contribution in [3.8, 4) is 22.3 Å². The minimum atomic E-state index is -5.87. The fourth-order valence-corrected chi connectivity index (χ4v) is 29.3. The van der Waals surface area contributed by atoms with Gasteiger partial charge in [-0.25, -0.2) is 0 Å². The van der Waals surface area contributed by atoms with E-state index < -0.39 is 20.7 Å². The van der Waals surface area contributed by atoms with Crippen molar-refractivity contribution in [2.75, 3.05) is 0 Å². The summed E-state index contributed by atoms with van der Waals surface area (Å²) in [5, 5.41) is 5.98. The van der Waals surface area contributed by atoms with Crippen LogP contribution in [0.25, 0.3) is 34.4 Å². The van der Waals surface area contributed by atoms with Crippen LogP contribution in [-0.2, 0) is 25.8 Å². The zero-order chi connectivity index (χ0) is 35.8. The Morgan fingerprint density at radius 2 is 1.00 bits per heavy atom. The Morgan fingerprint density at radius 1 is 0.620 bits per heavy atom. The van der Waals surface area contributed by atoms with Crippen molar-refractivity contribution in [3.05, 3.63) is 129 Å². The number of carbonyl (C=O) groups is 2. The van der Waals surface area contributed by atoms with E-state index in [4.69, 9.17) is 17.0 Å². The van der Waals surface area contributed by atoms with Crippen LogP contribution in [0.4, 0.5) is 0 Å². The van der Waals surface area contributed by atoms with E-state index in [9.17, 15) is 9.59 Å². The number of nitrogens with one attached hydrogen (secondary N) is 2. The Kier molecular flexibility index (Phi) is 10.6. The Hall–Kier alpha value is -3.17. The van der Waals surface area contributed by atoms with Crippen LogP contribution < -0.4 is 10.5 Å². The van der Waals surface area contributed by atoms with E-state index in [1.54, 1.807) is 0 Å². The van der Waals surface area contributed by atoms with Crippen LogP contribution in [0.15, 0.2) is 96.1 Å². The Morgan fingerprint density at radius 3 is 1.36 bits per heavy atom. The van der Waals surface area contributed by atoms with Crippen LogP contribution >= 0.6 is 17.0 Å². The first kappa shape index (κ1) is 36.6. The van der Waals surface area contributed by atoms with E-state index in [1.165, 1.54) is 11.1 Å². The third-order valence-corrected chi connectivity index (χ3v) is 30.6. The number of hydrogen-bond donors (Lipinski definition) is 2. The summed E-state index contributed by atoms with van der Waals surface area (Å²) in [5.74, 6) is 0.635. The molecular weight excluding hydrogens is 737 g/mol. The van der Waals surface area contributed by atoms with E-state index in [0.717, 1.165) is 68.5 Å². The van der Waals surface area contributed by atoms with Crippen LogP contribution in [0.5, 0.6) is 0 Å². The standard InChI is InChI=1S/2C20H21.C2H3BN2O2.2ClH.Zr/c2*1-14(2)11-16-12-17-8-6-10-19(20(17)13-16)18-9-5-4-7-15(18)3;6-1-4-3-5-2-7;;;/h2*4-10,12-14H,11H2,1-3H3;1-2H,(H-,4,5,6,7);2*1H;/q;;;;;+1/p-1. The Balaban J connectivity index is 1.70. The van der Waals surface area contributed by atoms with Gasteiger partial charge in [0.1, 0.15) is 0 Å². The predicted molar refractivity (Wildman–Crippen MR) is 209 cm³/mol. The summed E-state index contributed by atoms with van der Waals surface area (Å²) in [7, 11) is 17.3. The molecule has 0 fully saturated rings. The van der Waals surface area contributed by atoms with Gasteiger partial charge in [0.25, 0.3) is 0 Å². The molecule has 0 aliphatic heterocycles. The van der Waals surface area contributed by atoms with E-state index in [2.05, 4.69) is 149 Å². The molecule has 0 heterocycles. The molecule has 2 unspecified atom stereocenters. The number of allylic oxidation sites excluding steroid dienone is 2. The number of benzene rings is 4. The maximum atomic E-state index is 12.5. The molecule has 2 atom stereocenters. The Bertz CT molecular complexity index is 1880. The molecule has 2 aliphatic rings. The SMILES string of the molecule is Cc1ccccc1-c1cccc2c1C=C(CC(C)C)[CH]2[Zr]([Cl])([Cl])([B](NC=O)NC=O)[CH]1C(CC(C)C)=Cc2c(-c3ccccc3C)cccc21. The van der Waals surface area contributed by atoms with Crippen molar-refractivity contribution < 1.29 is 25.8 Å². The molecule has 2 aliphatic carbocycles. The van der Waals surface area contributed by atoms with Gasteiger partial charge in [0, 0.05) is 0 Å². The number of hydrogen-bond acceptors (Lipinski definition) is 2. The molecule has 2 N–H and O–H groups in total. The van der Waals surface area contributed by atoms with E-state index in [-0.39, 0.29) is 7.25 Å². The van der Waals surface area contributed by atoms with Gasteiger partial charge >= 0.3 is 308 Å². The average Bonchev–Trinajstić information content (AvgIpc) is 3.63. The fourth-order valence-electron chi connectivity index (χ4n) is 8.75. The topological polar surface area (TPSA) is 58.2 Å². The molecule has 2 amide bonds. The molecule has 4 aromatic rings. The van der Waals surface area contributed by atoms with Gasteiger partial charge in [-0.2, -0.15) is 0 Å². The molecule has 0 saturated carbocycles. The minimum absolute atomic E-state index is 0.318. The molecule has 0 radical (unpaired) electrons. The monoisotopic (exact) mass is 781 g/mol. The molecule has 0 saturated heterocycles. The van der Waals surface area contributed by atoms with Gasteiger partial charge < -0.3 is 0 Å². The molecule has 8 heteroatoms. The molecule has 0 spiro atoms. The quantitative estimate of drug-likeness (QED) is 0.105. The van der Waals surface area contributed by atoms with Gasteiger partial charge in [0.15, 0.2) is 0 Å². The summed E-state index contributed by atoms with van der Waals surface area (Å²) in [6.45, 7) is 13.1. The van der Waals surface area contributed by atoms with Gasteiger partial charge in [-0.3, -0.25) is 0 Å². The van der Waals surface area contributed by atoms with Crippen LogP contribution in [-0.4, -0.2) is 17.3 Å². The third-order valence-electron chi connectivity index (χ3n) is 10.6. The zero-order valence-electron chi connectivity index (χ0n) is 29.8. The summed E-state index contributed by atoms with van der Waals surface area (Å²) >= 11 is -5.87. The van der Waals surface area contributed by atoms with Crippen molar-refractivity contribution in [1.29, 1.82) is 0 Å². The van der Waals surface area contributed by atoms with Crippen molar-refractivity contribution in [1.82, 2.24) is 10.5 Å². The molecule has 6 rings (SSSR count). The number of aryl methyl sites for hydroxylation is 2. The molecule has 0 bridgehead atoms. The summed E-state index contributed by atoms with van der Waals surface area (Å²) in [5.41, 5.74) is 13.6. The molecule has 4 nitrogen and oxygen atoms in total. The number of rotatable bonds is 13. The van der Waals surface area contributed by atoms with Crippen molar-refractivity contribution in [3.63, 3.8) is 0 Å². The second kappa shape index (κ2) is 14.5. The second-order valence-electron chi connectivity index (χ2n) is 15.0. The molecular formula is C42H46BCl2N2O2Zr. The van der Waals surface area contributed by atoms with Gasteiger partial charge in [-0.15, -0.1) is 0 Å². The number of carbonyl (C=O) groups excluding carboxylic acids is 2. The van der Waals surface area contributed by atoms with Gasteiger partial charge in [0.05, 0.1) is 0 Å².